The maximum atomic E-state index is 6.01. The number of aromatic nitrogens is 1. The Morgan fingerprint density at radius 2 is 1.93 bits per heavy atom. The molecular weight excluding hydrogens is 210 g/mol. The van der Waals surface area contributed by atoms with Crippen molar-refractivity contribution in [3.05, 3.63) is 28.9 Å². The molecule has 1 aromatic heterocycles. The highest BCUT2D eigenvalue weighted by molar-refractivity contribution is 6.35. The van der Waals surface area contributed by atoms with Gasteiger partial charge in [0.25, 0.3) is 0 Å². The molecule has 1 aromatic carbocycles. The molecule has 0 bridgehead atoms. The molecule has 3 heteroatoms. The summed E-state index contributed by atoms with van der Waals surface area (Å²) in [5, 5.41) is 1.76. The Labute approximate surface area is 95.2 Å². The zero-order chi connectivity index (χ0) is 11.4. The van der Waals surface area contributed by atoms with Gasteiger partial charge in [-0.15, -0.1) is 0 Å². The average Bonchev–Trinajstić information content (AvgIpc) is 2.64. The molecule has 0 unspecified atom stereocenters. The number of hydrogen-bond donors (Lipinski definition) is 1. The van der Waals surface area contributed by atoms with Crippen molar-refractivity contribution in [1.29, 1.82) is 0 Å². The van der Waals surface area contributed by atoms with Crippen molar-refractivity contribution in [1.82, 2.24) is 4.98 Å². The summed E-state index contributed by atoms with van der Waals surface area (Å²) < 4.78 is 5.22. The molecule has 2 aromatic rings. The number of H-pyrrole nitrogens is 1. The molecule has 0 saturated heterocycles. The van der Waals surface area contributed by atoms with Crippen LogP contribution in [0.4, 0.5) is 0 Å². The standard InChI is InChI=1S/C10H10ClNO.C2H6/c1-6-5-7-9(13-2)4-3-8(11)10(7)12-6;1-2/h3-5,12H,1-2H3;1-2H3. The number of ether oxygens (including phenoxy) is 1. The van der Waals surface area contributed by atoms with E-state index in [0.717, 1.165) is 27.4 Å². The zero-order valence-corrected chi connectivity index (χ0v) is 10.3. The number of hydrogen-bond acceptors (Lipinski definition) is 1. The van der Waals surface area contributed by atoms with Gasteiger partial charge in [-0.05, 0) is 25.1 Å². The minimum atomic E-state index is 0.726. The summed E-state index contributed by atoms with van der Waals surface area (Å²) in [4.78, 5) is 3.19. The van der Waals surface area contributed by atoms with E-state index >= 15 is 0 Å². The Kier molecular flexibility index (Phi) is 4.04. The van der Waals surface area contributed by atoms with Gasteiger partial charge in [0.1, 0.15) is 5.75 Å². The van der Waals surface area contributed by atoms with Crippen LogP contribution in [0.2, 0.25) is 5.02 Å². The van der Waals surface area contributed by atoms with E-state index < -0.39 is 0 Å². The molecule has 0 aliphatic heterocycles. The van der Waals surface area contributed by atoms with E-state index in [2.05, 4.69) is 4.98 Å². The Balaban J connectivity index is 0.000000531. The van der Waals surface area contributed by atoms with E-state index in [-0.39, 0.29) is 0 Å². The lowest BCUT2D eigenvalue weighted by Crippen LogP contribution is -1.82. The number of aryl methyl sites for hydroxylation is 1. The molecule has 15 heavy (non-hydrogen) atoms. The highest BCUT2D eigenvalue weighted by Gasteiger charge is 2.06. The first kappa shape index (κ1) is 11.9. The third-order valence-corrected chi connectivity index (χ3v) is 2.37. The second-order valence-corrected chi connectivity index (χ2v) is 3.40. The molecule has 0 atom stereocenters. The highest BCUT2D eigenvalue weighted by Crippen LogP contribution is 2.31. The van der Waals surface area contributed by atoms with Crippen LogP contribution in [0.15, 0.2) is 18.2 Å². The van der Waals surface area contributed by atoms with Gasteiger partial charge in [0, 0.05) is 11.1 Å². The smallest absolute Gasteiger partial charge is 0.128 e. The normalized spacial score (nSPS) is 9.67. The predicted molar refractivity (Wildman–Crippen MR) is 65.9 cm³/mol. The topological polar surface area (TPSA) is 25.0 Å². The van der Waals surface area contributed by atoms with Crippen molar-refractivity contribution in [3.8, 4) is 5.75 Å². The van der Waals surface area contributed by atoms with Gasteiger partial charge in [0.15, 0.2) is 0 Å². The molecule has 2 nitrogen and oxygen atoms in total. The first-order chi connectivity index (χ1) is 7.22. The van der Waals surface area contributed by atoms with Gasteiger partial charge in [-0.2, -0.15) is 0 Å². The second-order valence-electron chi connectivity index (χ2n) is 2.99. The summed E-state index contributed by atoms with van der Waals surface area (Å²) in [5.41, 5.74) is 2.03. The molecule has 2 rings (SSSR count). The summed E-state index contributed by atoms with van der Waals surface area (Å²) in [7, 11) is 1.66. The van der Waals surface area contributed by atoms with E-state index in [1.165, 1.54) is 0 Å². The summed E-state index contributed by atoms with van der Waals surface area (Å²) in [6.45, 7) is 6.00. The van der Waals surface area contributed by atoms with Gasteiger partial charge in [-0.25, -0.2) is 0 Å². The molecule has 0 aliphatic rings. The van der Waals surface area contributed by atoms with Crippen LogP contribution in [0.1, 0.15) is 19.5 Å². The second kappa shape index (κ2) is 5.08. The van der Waals surface area contributed by atoms with Crippen LogP contribution in [0, 0.1) is 6.92 Å². The fourth-order valence-electron chi connectivity index (χ4n) is 1.47. The lowest BCUT2D eigenvalue weighted by molar-refractivity contribution is 0.420. The number of halogens is 1. The van der Waals surface area contributed by atoms with Crippen LogP contribution in [0.3, 0.4) is 0 Å². The Morgan fingerprint density at radius 1 is 1.27 bits per heavy atom. The van der Waals surface area contributed by atoms with Crippen LogP contribution >= 0.6 is 11.6 Å². The molecule has 82 valence electrons. The molecule has 0 spiro atoms. The summed E-state index contributed by atoms with van der Waals surface area (Å²) in [5.74, 6) is 0.851. The summed E-state index contributed by atoms with van der Waals surface area (Å²) >= 11 is 6.01. The highest BCUT2D eigenvalue weighted by atomic mass is 35.5. The van der Waals surface area contributed by atoms with Crippen LogP contribution in [0.25, 0.3) is 10.9 Å². The molecular formula is C12H16ClNO. The van der Waals surface area contributed by atoms with Gasteiger partial charge in [-0.3, -0.25) is 0 Å². The molecule has 0 aliphatic carbocycles. The van der Waals surface area contributed by atoms with Crippen molar-refractivity contribution in [2.75, 3.05) is 7.11 Å². The number of rotatable bonds is 1. The van der Waals surface area contributed by atoms with Crippen molar-refractivity contribution < 1.29 is 4.74 Å². The number of benzene rings is 1. The maximum absolute atomic E-state index is 6.01. The molecule has 0 fully saturated rings. The van der Waals surface area contributed by atoms with Gasteiger partial charge in [0.2, 0.25) is 0 Å². The molecule has 1 N–H and O–H groups in total. The Bertz CT molecular complexity index is 448. The monoisotopic (exact) mass is 225 g/mol. The lowest BCUT2D eigenvalue weighted by atomic mass is 10.2. The predicted octanol–water partition coefficient (Wildman–Crippen LogP) is 4.16. The first-order valence-corrected chi connectivity index (χ1v) is 5.42. The molecule has 0 amide bonds. The fraction of sp³-hybridized carbons (Fsp3) is 0.333. The van der Waals surface area contributed by atoms with Crippen molar-refractivity contribution in [3.63, 3.8) is 0 Å². The van der Waals surface area contributed by atoms with Crippen molar-refractivity contribution in [2.45, 2.75) is 20.8 Å². The molecule has 1 heterocycles. The number of aromatic amines is 1. The number of fused-ring (bicyclic) bond motifs is 1. The van der Waals surface area contributed by atoms with E-state index in [1.54, 1.807) is 7.11 Å². The van der Waals surface area contributed by atoms with E-state index in [1.807, 2.05) is 39.0 Å². The van der Waals surface area contributed by atoms with E-state index in [9.17, 15) is 0 Å². The quantitative estimate of drug-likeness (QED) is 0.775. The Hall–Kier alpha value is -1.15. The summed E-state index contributed by atoms with van der Waals surface area (Å²) in [6, 6.07) is 5.73. The number of methoxy groups -OCH3 is 1. The van der Waals surface area contributed by atoms with Gasteiger partial charge < -0.3 is 9.72 Å². The Morgan fingerprint density at radius 3 is 2.53 bits per heavy atom. The summed E-state index contributed by atoms with van der Waals surface area (Å²) in [6.07, 6.45) is 0. The van der Waals surface area contributed by atoms with Crippen molar-refractivity contribution >= 4 is 22.5 Å². The van der Waals surface area contributed by atoms with Crippen molar-refractivity contribution in [2.24, 2.45) is 0 Å². The van der Waals surface area contributed by atoms with Crippen LogP contribution < -0.4 is 4.74 Å². The van der Waals surface area contributed by atoms with Crippen LogP contribution in [-0.2, 0) is 0 Å². The minimum Gasteiger partial charge on any atom is -0.496 e. The third-order valence-electron chi connectivity index (χ3n) is 2.06. The molecule has 0 radical (unpaired) electrons. The lowest BCUT2D eigenvalue weighted by Gasteiger charge is -2.01. The minimum absolute atomic E-state index is 0.726. The third kappa shape index (κ3) is 2.26. The van der Waals surface area contributed by atoms with Crippen LogP contribution in [-0.4, -0.2) is 12.1 Å². The van der Waals surface area contributed by atoms with Gasteiger partial charge in [0.05, 0.1) is 17.6 Å². The van der Waals surface area contributed by atoms with Gasteiger partial charge in [-0.1, -0.05) is 25.4 Å². The van der Waals surface area contributed by atoms with E-state index in [0.29, 0.717) is 0 Å². The zero-order valence-electron chi connectivity index (χ0n) is 9.52. The van der Waals surface area contributed by atoms with Gasteiger partial charge >= 0.3 is 0 Å². The van der Waals surface area contributed by atoms with E-state index in [4.69, 9.17) is 16.3 Å². The maximum Gasteiger partial charge on any atom is 0.128 e. The fourth-order valence-corrected chi connectivity index (χ4v) is 1.68. The largest absolute Gasteiger partial charge is 0.496 e. The molecule has 0 saturated carbocycles. The first-order valence-electron chi connectivity index (χ1n) is 5.04. The number of nitrogens with one attached hydrogen (secondary N) is 1. The van der Waals surface area contributed by atoms with Crippen LogP contribution in [0.5, 0.6) is 5.75 Å². The average molecular weight is 226 g/mol. The SMILES string of the molecule is CC.COc1ccc(Cl)c2[nH]c(C)cc12.